The molecule has 1 aliphatic heterocycles. The molecule has 1 aromatic heterocycles. The summed E-state index contributed by atoms with van der Waals surface area (Å²) in [5, 5.41) is 14.4. The smallest absolute Gasteiger partial charge is 0.252 e. The van der Waals surface area contributed by atoms with E-state index >= 15 is 0 Å². The summed E-state index contributed by atoms with van der Waals surface area (Å²) in [5.41, 5.74) is 3.98. The predicted molar refractivity (Wildman–Crippen MR) is 123 cm³/mol. The zero-order valence-corrected chi connectivity index (χ0v) is 18.2. The lowest BCUT2D eigenvalue weighted by molar-refractivity contribution is 0.0930. The van der Waals surface area contributed by atoms with Gasteiger partial charge in [-0.3, -0.25) is 9.78 Å². The first kappa shape index (κ1) is 19.8. The van der Waals surface area contributed by atoms with Crippen LogP contribution in [0.15, 0.2) is 48.7 Å². The molecular formula is C25H28N4O2. The largest absolute Gasteiger partial charge is 0.506 e. The molecule has 5 rings (SSSR count). The molecule has 0 radical (unpaired) electrons. The van der Waals surface area contributed by atoms with E-state index in [1.165, 1.54) is 0 Å². The maximum Gasteiger partial charge on any atom is 0.252 e. The van der Waals surface area contributed by atoms with E-state index < -0.39 is 5.54 Å². The average molecular weight is 417 g/mol. The molecule has 0 bridgehead atoms. The van der Waals surface area contributed by atoms with E-state index in [4.69, 9.17) is 0 Å². The molecule has 1 aliphatic carbocycles. The van der Waals surface area contributed by atoms with Gasteiger partial charge in [0.25, 0.3) is 5.91 Å². The standard InChI is InChI=1S/C25H28N4O2/c1-16-7-8-17(29-14-18(15-29)28(2)3)13-20(16)24(31)27-25(10-11-25)21-9-12-26-23-19(21)5-4-6-22(23)30/h4-9,12-13,18,30H,10-11,14-15H2,1-3H3,(H,27,31). The van der Waals surface area contributed by atoms with E-state index in [1.54, 1.807) is 12.3 Å². The number of para-hydroxylation sites is 1. The van der Waals surface area contributed by atoms with Gasteiger partial charge >= 0.3 is 0 Å². The van der Waals surface area contributed by atoms with Crippen LogP contribution in [0.5, 0.6) is 5.75 Å². The van der Waals surface area contributed by atoms with Crippen LogP contribution in [0.4, 0.5) is 5.69 Å². The third kappa shape index (κ3) is 3.41. The number of aromatic nitrogens is 1. The van der Waals surface area contributed by atoms with Gasteiger partial charge in [-0.1, -0.05) is 18.2 Å². The highest BCUT2D eigenvalue weighted by Gasteiger charge is 2.47. The number of nitrogens with zero attached hydrogens (tertiary/aromatic N) is 3. The Labute approximate surface area is 182 Å². The summed E-state index contributed by atoms with van der Waals surface area (Å²) in [6, 6.07) is 14.1. The number of carbonyl (C=O) groups is 1. The number of phenolic OH excluding ortho intramolecular Hbond substituents is 1. The molecule has 2 fully saturated rings. The molecule has 6 heteroatoms. The Morgan fingerprint density at radius 2 is 1.97 bits per heavy atom. The molecule has 1 saturated heterocycles. The van der Waals surface area contributed by atoms with Gasteiger partial charge in [0.2, 0.25) is 0 Å². The minimum Gasteiger partial charge on any atom is -0.506 e. The van der Waals surface area contributed by atoms with E-state index in [-0.39, 0.29) is 11.7 Å². The summed E-state index contributed by atoms with van der Waals surface area (Å²) in [5.74, 6) is 0.113. The van der Waals surface area contributed by atoms with Gasteiger partial charge in [-0.15, -0.1) is 0 Å². The molecule has 6 nitrogen and oxygen atoms in total. The van der Waals surface area contributed by atoms with Crippen molar-refractivity contribution < 1.29 is 9.90 Å². The number of benzene rings is 2. The van der Waals surface area contributed by atoms with Crippen LogP contribution >= 0.6 is 0 Å². The van der Waals surface area contributed by atoms with Crippen molar-refractivity contribution in [2.75, 3.05) is 32.1 Å². The SMILES string of the molecule is Cc1ccc(N2CC(N(C)C)C2)cc1C(=O)NC1(c2ccnc3c(O)cccc23)CC1. The van der Waals surface area contributed by atoms with E-state index in [2.05, 4.69) is 40.3 Å². The first-order valence-electron chi connectivity index (χ1n) is 10.8. The van der Waals surface area contributed by atoms with Crippen LogP contribution in [-0.4, -0.2) is 54.1 Å². The van der Waals surface area contributed by atoms with Crippen molar-refractivity contribution in [3.63, 3.8) is 0 Å². The molecule has 3 aromatic rings. The molecule has 1 amide bonds. The lowest BCUT2D eigenvalue weighted by Gasteiger charge is -2.44. The number of aromatic hydroxyl groups is 1. The summed E-state index contributed by atoms with van der Waals surface area (Å²) in [6.45, 7) is 3.94. The maximum absolute atomic E-state index is 13.3. The first-order chi connectivity index (χ1) is 14.9. The van der Waals surface area contributed by atoms with Crippen LogP contribution in [-0.2, 0) is 5.54 Å². The molecule has 2 N–H and O–H groups in total. The van der Waals surface area contributed by atoms with Crippen LogP contribution in [0.1, 0.15) is 34.3 Å². The number of rotatable bonds is 5. The molecule has 31 heavy (non-hydrogen) atoms. The fourth-order valence-electron chi connectivity index (χ4n) is 4.49. The molecule has 2 heterocycles. The number of phenols is 1. The maximum atomic E-state index is 13.3. The molecule has 0 spiro atoms. The number of likely N-dealkylation sites (N-methyl/N-ethyl adjacent to an activating group) is 1. The molecule has 2 aromatic carbocycles. The molecule has 0 unspecified atom stereocenters. The molecule has 0 atom stereocenters. The topological polar surface area (TPSA) is 68.7 Å². The fourth-order valence-corrected chi connectivity index (χ4v) is 4.49. The first-order valence-corrected chi connectivity index (χ1v) is 10.8. The van der Waals surface area contributed by atoms with Crippen molar-refractivity contribution >= 4 is 22.5 Å². The van der Waals surface area contributed by atoms with Crippen molar-refractivity contribution in [1.82, 2.24) is 15.2 Å². The Bertz CT molecular complexity index is 1160. The van der Waals surface area contributed by atoms with E-state index in [0.717, 1.165) is 53.7 Å². The second-order valence-electron chi connectivity index (χ2n) is 9.09. The summed E-state index contributed by atoms with van der Waals surface area (Å²) in [7, 11) is 4.21. The molecule has 2 aliphatic rings. The minimum atomic E-state index is -0.402. The van der Waals surface area contributed by atoms with Gasteiger partial charge < -0.3 is 20.2 Å². The fraction of sp³-hybridized carbons (Fsp3) is 0.360. The summed E-state index contributed by atoms with van der Waals surface area (Å²) in [6.07, 6.45) is 3.46. The summed E-state index contributed by atoms with van der Waals surface area (Å²) < 4.78 is 0. The Balaban J connectivity index is 1.41. The monoisotopic (exact) mass is 416 g/mol. The number of hydrogen-bond acceptors (Lipinski definition) is 5. The van der Waals surface area contributed by atoms with Crippen LogP contribution in [0.25, 0.3) is 10.9 Å². The van der Waals surface area contributed by atoms with Crippen molar-refractivity contribution in [3.05, 3.63) is 65.4 Å². The van der Waals surface area contributed by atoms with Crippen LogP contribution in [0, 0.1) is 6.92 Å². The number of hydrogen-bond donors (Lipinski definition) is 2. The third-order valence-electron chi connectivity index (χ3n) is 6.79. The highest BCUT2D eigenvalue weighted by atomic mass is 16.3. The molecular weight excluding hydrogens is 388 g/mol. The van der Waals surface area contributed by atoms with Gasteiger partial charge in [-0.05, 0) is 69.3 Å². The van der Waals surface area contributed by atoms with Crippen molar-refractivity contribution in [1.29, 1.82) is 0 Å². The Morgan fingerprint density at radius 1 is 1.19 bits per heavy atom. The minimum absolute atomic E-state index is 0.0494. The Morgan fingerprint density at radius 3 is 2.68 bits per heavy atom. The summed E-state index contributed by atoms with van der Waals surface area (Å²) in [4.78, 5) is 22.2. The van der Waals surface area contributed by atoms with E-state index in [1.807, 2.05) is 37.3 Å². The van der Waals surface area contributed by atoms with Crippen LogP contribution in [0.3, 0.4) is 0 Å². The number of fused-ring (bicyclic) bond motifs is 1. The highest BCUT2D eigenvalue weighted by molar-refractivity contribution is 5.98. The molecule has 160 valence electrons. The number of anilines is 1. The normalized spacial score (nSPS) is 17.6. The summed E-state index contributed by atoms with van der Waals surface area (Å²) >= 11 is 0. The van der Waals surface area contributed by atoms with Crippen LogP contribution < -0.4 is 10.2 Å². The van der Waals surface area contributed by atoms with Gasteiger partial charge in [-0.2, -0.15) is 0 Å². The van der Waals surface area contributed by atoms with Crippen molar-refractivity contribution in [2.24, 2.45) is 0 Å². The second kappa shape index (κ2) is 7.24. The van der Waals surface area contributed by atoms with Gasteiger partial charge in [0.05, 0.1) is 5.54 Å². The van der Waals surface area contributed by atoms with Crippen molar-refractivity contribution in [3.8, 4) is 5.75 Å². The lowest BCUT2D eigenvalue weighted by atomic mass is 9.98. The Kier molecular flexibility index (Phi) is 4.63. The average Bonchev–Trinajstić information content (AvgIpc) is 3.48. The number of carbonyl (C=O) groups excluding carboxylic acids is 1. The van der Waals surface area contributed by atoms with Gasteiger partial charge in [0.15, 0.2) is 0 Å². The highest BCUT2D eigenvalue weighted by Crippen LogP contribution is 2.48. The molecule has 1 saturated carbocycles. The van der Waals surface area contributed by atoms with Gasteiger partial charge in [-0.25, -0.2) is 0 Å². The number of aryl methyl sites for hydroxylation is 1. The Hall–Kier alpha value is -3.12. The lowest BCUT2D eigenvalue weighted by Crippen LogP contribution is -2.57. The number of pyridine rings is 1. The van der Waals surface area contributed by atoms with Crippen molar-refractivity contribution in [2.45, 2.75) is 31.3 Å². The number of amides is 1. The third-order valence-corrected chi connectivity index (χ3v) is 6.79. The second-order valence-corrected chi connectivity index (χ2v) is 9.09. The van der Waals surface area contributed by atoms with E-state index in [0.29, 0.717) is 11.6 Å². The number of nitrogens with one attached hydrogen (secondary N) is 1. The van der Waals surface area contributed by atoms with Crippen LogP contribution in [0.2, 0.25) is 0 Å². The van der Waals surface area contributed by atoms with Gasteiger partial charge in [0.1, 0.15) is 11.3 Å². The zero-order valence-electron chi connectivity index (χ0n) is 18.2. The van der Waals surface area contributed by atoms with E-state index in [9.17, 15) is 9.90 Å². The predicted octanol–water partition coefficient (Wildman–Crippen LogP) is 3.42. The quantitative estimate of drug-likeness (QED) is 0.667. The zero-order chi connectivity index (χ0) is 21.8. The van der Waals surface area contributed by atoms with Gasteiger partial charge in [0, 0.05) is 42.0 Å².